The molecule has 5 amide bonds. The first-order valence-corrected chi connectivity index (χ1v) is 44.2. The van der Waals surface area contributed by atoms with Crippen molar-refractivity contribution in [2.24, 2.45) is 11.3 Å². The van der Waals surface area contributed by atoms with E-state index >= 15 is 0 Å². The maximum Gasteiger partial charge on any atom is 0.341 e. The van der Waals surface area contributed by atoms with E-state index in [-0.39, 0.29) is 46.9 Å². The van der Waals surface area contributed by atoms with Gasteiger partial charge in [0.1, 0.15) is 28.5 Å². The molecule has 19 rings (SSSR count). The molecule has 27 nitrogen and oxygen atoms in total. The number of hydrogen-bond acceptors (Lipinski definition) is 17. The number of carboxylic acid groups (broad SMARTS) is 1. The Bertz CT molecular complexity index is 6710. The van der Waals surface area contributed by atoms with E-state index in [2.05, 4.69) is 171 Å². The van der Waals surface area contributed by atoms with E-state index in [9.17, 15) is 38.7 Å². The van der Waals surface area contributed by atoms with Crippen molar-refractivity contribution in [1.29, 1.82) is 0 Å². The summed E-state index contributed by atoms with van der Waals surface area (Å²) in [7, 11) is 4.85. The smallest absolute Gasteiger partial charge is 0.341 e. The molecule has 6 N–H and O–H groups in total. The number of urea groups is 1. The summed E-state index contributed by atoms with van der Waals surface area (Å²) in [5.74, 6) is 3.61. The number of likely N-dealkylation sites (N-methyl/N-ethyl adjacent to an activating group) is 1. The van der Waals surface area contributed by atoms with Crippen molar-refractivity contribution in [3.05, 3.63) is 319 Å². The van der Waals surface area contributed by atoms with Crippen LogP contribution in [0.5, 0.6) is 17.2 Å². The third-order valence-electron chi connectivity index (χ3n) is 24.7. The molecule has 27 heteroatoms. The number of benzene rings is 7. The van der Waals surface area contributed by atoms with Crippen molar-refractivity contribution >= 4 is 103 Å². The Morgan fingerprint density at radius 2 is 1.44 bits per heavy atom. The summed E-state index contributed by atoms with van der Waals surface area (Å²) < 4.78 is 20.0. The van der Waals surface area contributed by atoms with E-state index in [0.717, 1.165) is 87.6 Å². The minimum atomic E-state index is -1.29. The maximum atomic E-state index is 13.3. The number of nitrogens with zero attached hydrogens (tertiary/aromatic N) is 11. The molecule has 8 heterocycles. The van der Waals surface area contributed by atoms with Crippen LogP contribution in [0.4, 0.5) is 22.4 Å². The fourth-order valence-corrected chi connectivity index (χ4v) is 17.5. The van der Waals surface area contributed by atoms with Gasteiger partial charge in [0.05, 0.1) is 66.3 Å². The number of carbonyl (C=O) groups is 6. The van der Waals surface area contributed by atoms with Gasteiger partial charge in [0.25, 0.3) is 0 Å². The molecule has 4 aliphatic carbocycles. The number of pyridine rings is 3. The van der Waals surface area contributed by atoms with Crippen LogP contribution in [0, 0.1) is 39.0 Å². The quantitative estimate of drug-likeness (QED) is 0.0186. The van der Waals surface area contributed by atoms with Crippen LogP contribution < -0.4 is 40.5 Å². The molecule has 2 fully saturated rings. The number of imidazole rings is 1. The maximum absolute atomic E-state index is 13.3. The van der Waals surface area contributed by atoms with E-state index in [1.165, 1.54) is 73.5 Å². The molecule has 1 saturated carbocycles. The highest BCUT2D eigenvalue weighted by Gasteiger charge is 2.64. The summed E-state index contributed by atoms with van der Waals surface area (Å²) in [6, 6.07) is 58.5. The number of rotatable bonds is 24. The third kappa shape index (κ3) is 21.2. The molecule has 14 aromatic rings. The molecule has 0 bridgehead atoms. The van der Waals surface area contributed by atoms with Crippen molar-refractivity contribution in [2.75, 3.05) is 82.7 Å². The summed E-state index contributed by atoms with van der Waals surface area (Å²) in [6.45, 7) is 19.0. The van der Waals surface area contributed by atoms with Crippen molar-refractivity contribution in [3.8, 4) is 23.1 Å². The van der Waals surface area contributed by atoms with Crippen LogP contribution in [0.3, 0.4) is 0 Å². The van der Waals surface area contributed by atoms with Crippen LogP contribution in [0.25, 0.3) is 55.8 Å². The molecular weight excluding hydrogens is 1650 g/mol. The lowest BCUT2D eigenvalue weighted by atomic mass is 9.98. The molecular formula is C104H108N16O11. The zero-order chi connectivity index (χ0) is 92.0. The number of H-pyrrole nitrogens is 2. The fourth-order valence-electron chi connectivity index (χ4n) is 17.5. The van der Waals surface area contributed by atoms with Crippen LogP contribution >= 0.6 is 0 Å². The molecule has 7 aromatic heterocycles. The standard InChI is InChI=1S/C26H29N3O3.C23H23N5O5.C20H21N3.C18H18N2O.C17H17N3O2/c1-18-21(22-10-6-7-11-23(22)27-18)14-15-29(17-19-8-4-5-9-19)26(30)28-24-16-20(31-2)12-13-25(24)32-3;1-2-26-14-17(22(32)33)20(31)16-13-24-23(25-21(16)26)28-10-8-27(9-11-28)19(30)12-18(29)15-6-4-3-5-7-15;1-11-9-17(21-15-8-6-5-7-13(11)15)23-16-10-14-19(20(14,3)4)18(16)12(2)22-23;1-12-3-5-13(6-4-12)7-15-10-20-11-16-8-14(9-17(15)16)18(21)19-2;21-16(11-6-12-22-13-7-2-1-3-8-13)20-17-18-14-9-4-5-10-15(14)19-17/h4-8,10-13,16,27H,9,14-15,17H2,1-3H3,(H,28,30);3-7,13-14H,2,8-12H2,1H3,(H,32,33);5-9,14,19H,10H2,1-4H3;3-6,9-11H,7-8H2,1-2H3,(H,19,21);1-5,7-10H,6,11-12H2,(H2,18,19,20,21). The van der Waals surface area contributed by atoms with Crippen molar-refractivity contribution < 1.29 is 48.1 Å². The zero-order valence-electron chi connectivity index (χ0n) is 75.4. The molecule has 0 radical (unpaired) electrons. The van der Waals surface area contributed by atoms with Gasteiger partial charge in [0.15, 0.2) is 11.6 Å². The molecule has 670 valence electrons. The largest absolute Gasteiger partial charge is 0.497 e. The number of anilines is 3. The topological polar surface area (TPSA) is 332 Å². The first kappa shape index (κ1) is 90.6. The summed E-state index contributed by atoms with van der Waals surface area (Å²) in [6.07, 6.45) is 19.8. The molecule has 7 aromatic carbocycles. The van der Waals surface area contributed by atoms with Gasteiger partial charge in [-0.1, -0.05) is 159 Å². The van der Waals surface area contributed by atoms with E-state index < -0.39 is 11.4 Å². The highest BCUT2D eigenvalue weighted by molar-refractivity contribution is 6.07. The van der Waals surface area contributed by atoms with E-state index in [0.29, 0.717) is 123 Å². The van der Waals surface area contributed by atoms with Gasteiger partial charge in [-0.05, 0) is 184 Å². The number of piperazine rings is 1. The summed E-state index contributed by atoms with van der Waals surface area (Å²) in [5, 5.41) is 25.2. The van der Waals surface area contributed by atoms with Crippen LogP contribution in [0.15, 0.2) is 241 Å². The number of allylic oxidation sites excluding steroid dienone is 3. The number of ketones is 1. The first-order chi connectivity index (χ1) is 63.4. The minimum Gasteiger partial charge on any atom is -0.497 e. The number of para-hydroxylation sites is 5. The average molecular weight is 1760 g/mol. The van der Waals surface area contributed by atoms with Crippen LogP contribution in [0.2, 0.25) is 0 Å². The second-order valence-electron chi connectivity index (χ2n) is 33.8. The Balaban J connectivity index is 0.000000127. The molecule has 1 aliphatic heterocycles. The SMILES string of the molecule is CCn1cc(C(=O)O)c(=O)c2cnc(N3CCN(C(=O)CC(=O)c4ccccc4)CC3)nc21.CNC(=O)C1=Cc2c(cncc2Cc2ccc(C)cc2)C1.COc1ccc(OC)c(NC(=O)N(CCc2c(C)[nH]c3ccccc23)CC2=CC=CC2)c1.Cc1nn(-c2cc(C)c3ccccc3n2)c2c1C1C(C2)C1(C)C.O=C(CCCOc1ccccc1)Nc1nc2ccccc2[nH]1. The highest BCUT2D eigenvalue weighted by Crippen LogP contribution is 2.70. The summed E-state index contributed by atoms with van der Waals surface area (Å²) >= 11 is 0. The lowest BCUT2D eigenvalue weighted by Gasteiger charge is -2.34. The Hall–Kier alpha value is -15.2. The van der Waals surface area contributed by atoms with E-state index in [4.69, 9.17) is 24.3 Å². The number of aryl methyl sites for hydroxylation is 5. The lowest BCUT2D eigenvalue weighted by Crippen LogP contribution is -2.49. The van der Waals surface area contributed by atoms with Gasteiger partial charge in [-0.3, -0.25) is 34.3 Å². The van der Waals surface area contributed by atoms with Gasteiger partial charge in [-0.2, -0.15) is 10.1 Å². The van der Waals surface area contributed by atoms with Gasteiger partial charge < -0.3 is 59.2 Å². The van der Waals surface area contributed by atoms with Crippen LogP contribution in [-0.4, -0.2) is 167 Å². The van der Waals surface area contributed by atoms with Crippen LogP contribution in [0.1, 0.15) is 135 Å². The van der Waals surface area contributed by atoms with E-state index in [1.807, 2.05) is 114 Å². The fraction of sp³-hybridized carbons (Fsp3) is 0.279. The normalized spacial score (nSPS) is 14.6. The number of carbonyl (C=O) groups excluding carboxylic acids is 5. The van der Waals surface area contributed by atoms with E-state index in [1.54, 1.807) is 73.2 Å². The number of ether oxygens (including phenoxy) is 3. The van der Waals surface area contributed by atoms with Gasteiger partial charge in [-0.15, -0.1) is 0 Å². The number of hydrogen-bond donors (Lipinski definition) is 6. The molecule has 5 aliphatic rings. The number of aromatic amines is 2. The lowest BCUT2D eigenvalue weighted by molar-refractivity contribution is -0.130. The second-order valence-corrected chi connectivity index (χ2v) is 33.8. The van der Waals surface area contributed by atoms with Crippen LogP contribution in [-0.2, 0) is 46.6 Å². The number of carboxylic acids is 1. The number of amides is 5. The molecule has 131 heavy (non-hydrogen) atoms. The van der Waals surface area contributed by atoms with Crippen molar-refractivity contribution in [1.82, 2.24) is 64.4 Å². The number of aromatic nitrogens is 10. The number of methoxy groups -OCH3 is 2. The number of aromatic carboxylic acids is 1. The zero-order valence-corrected chi connectivity index (χ0v) is 75.4. The molecule has 1 saturated heterocycles. The number of nitrogens with one attached hydrogen (secondary N) is 5. The van der Waals surface area contributed by atoms with Gasteiger partial charge in [0.2, 0.25) is 35.0 Å². The Labute approximate surface area is 759 Å². The monoisotopic (exact) mass is 1760 g/mol. The summed E-state index contributed by atoms with van der Waals surface area (Å²) in [5.41, 5.74) is 20.6. The first-order valence-electron chi connectivity index (χ1n) is 44.2. The van der Waals surface area contributed by atoms with Gasteiger partial charge in [-0.25, -0.2) is 29.2 Å². The Kier molecular flexibility index (Phi) is 28.3. The third-order valence-corrected chi connectivity index (χ3v) is 24.7. The average Bonchev–Trinajstić information content (AvgIpc) is 1.51. The Morgan fingerprint density at radius 1 is 0.725 bits per heavy atom. The highest BCUT2D eigenvalue weighted by atomic mass is 16.5. The molecule has 0 spiro atoms. The molecule has 2 atom stereocenters. The summed E-state index contributed by atoms with van der Waals surface area (Å²) in [4.78, 5) is 120. The second kappa shape index (κ2) is 40.9. The van der Waals surface area contributed by atoms with Crippen molar-refractivity contribution in [2.45, 2.75) is 112 Å². The van der Waals surface area contributed by atoms with Gasteiger partial charge in [0, 0.05) is 135 Å². The predicted octanol–water partition coefficient (Wildman–Crippen LogP) is 17.2. The predicted molar refractivity (Wildman–Crippen MR) is 511 cm³/mol. The Morgan fingerprint density at radius 3 is 2.15 bits per heavy atom. The molecule has 2 unspecified atom stereocenters. The number of Topliss-reactive ketones (excluding diaryl/α,β-unsaturated/α-hetero) is 1. The van der Waals surface area contributed by atoms with Crippen molar-refractivity contribution in [3.63, 3.8) is 0 Å². The van der Waals surface area contributed by atoms with Gasteiger partial charge >= 0.3 is 12.0 Å². The minimum absolute atomic E-state index is 0.00696. The number of fused-ring (bicyclic) bond motifs is 8.